The van der Waals surface area contributed by atoms with E-state index < -0.39 is 0 Å². The molecular weight excluding hydrogens is 130 g/mol. The van der Waals surface area contributed by atoms with Gasteiger partial charge in [0.05, 0.1) is 6.20 Å². The first-order valence-corrected chi connectivity index (χ1v) is 2.78. The summed E-state index contributed by atoms with van der Waals surface area (Å²) >= 11 is 0. The fourth-order valence-electron chi connectivity index (χ4n) is 0.784. The number of aromatic nitrogens is 4. The molecule has 0 atom stereocenters. The third-order valence-corrected chi connectivity index (χ3v) is 1.20. The lowest BCUT2D eigenvalue weighted by Gasteiger charge is -1.77. The summed E-state index contributed by atoms with van der Waals surface area (Å²) in [6.45, 7) is 0. The molecule has 0 aliphatic heterocycles. The maximum Gasteiger partial charge on any atom is 0.133 e. The molecule has 0 radical (unpaired) electrons. The van der Waals surface area contributed by atoms with E-state index in [4.69, 9.17) is 5.84 Å². The summed E-state index contributed by atoms with van der Waals surface area (Å²) in [5.41, 5.74) is 1.47. The van der Waals surface area contributed by atoms with Gasteiger partial charge in [0.1, 0.15) is 11.0 Å². The van der Waals surface area contributed by atoms with E-state index in [1.807, 2.05) is 0 Å². The molecule has 0 saturated heterocycles. The molecule has 0 aliphatic rings. The van der Waals surface area contributed by atoms with Gasteiger partial charge in [-0.25, -0.2) is 0 Å². The number of fused-ring (bicyclic) bond motifs is 1. The second-order valence-electron chi connectivity index (χ2n) is 1.88. The second kappa shape index (κ2) is 1.66. The summed E-state index contributed by atoms with van der Waals surface area (Å²) in [7, 11) is 0. The van der Waals surface area contributed by atoms with Crippen molar-refractivity contribution in [1.82, 2.24) is 20.1 Å². The number of rotatable bonds is 0. The molecule has 0 fully saturated rings. The SMILES string of the molecule is Nn1nc2ccncc2n1. The fraction of sp³-hybridized carbons (Fsp3) is 0. The first-order chi connectivity index (χ1) is 4.86. The molecule has 0 aromatic carbocycles. The molecule has 0 bridgehead atoms. The van der Waals surface area contributed by atoms with Gasteiger partial charge in [0.15, 0.2) is 0 Å². The number of hydrogen-bond donors (Lipinski definition) is 1. The lowest BCUT2D eigenvalue weighted by Crippen LogP contribution is -2.11. The molecule has 2 aromatic rings. The van der Waals surface area contributed by atoms with E-state index in [0.717, 1.165) is 10.4 Å². The van der Waals surface area contributed by atoms with Crippen LogP contribution >= 0.6 is 0 Å². The van der Waals surface area contributed by atoms with Crippen LogP contribution in [0, 0.1) is 0 Å². The number of nitrogen functional groups attached to an aromatic ring is 1. The highest BCUT2D eigenvalue weighted by molar-refractivity contribution is 5.71. The molecule has 0 aliphatic carbocycles. The maximum atomic E-state index is 5.26. The van der Waals surface area contributed by atoms with Crippen molar-refractivity contribution in [3.05, 3.63) is 18.5 Å². The van der Waals surface area contributed by atoms with Crippen LogP contribution in [0.4, 0.5) is 0 Å². The van der Waals surface area contributed by atoms with Gasteiger partial charge in [-0.1, -0.05) is 4.91 Å². The van der Waals surface area contributed by atoms with E-state index in [-0.39, 0.29) is 0 Å². The predicted octanol–water partition coefficient (Wildman–Crippen LogP) is -0.460. The van der Waals surface area contributed by atoms with Crippen LogP contribution in [0.25, 0.3) is 11.0 Å². The summed E-state index contributed by atoms with van der Waals surface area (Å²) in [6, 6.07) is 1.76. The normalized spacial score (nSPS) is 10.4. The molecule has 0 spiro atoms. The molecule has 0 amide bonds. The lowest BCUT2D eigenvalue weighted by molar-refractivity contribution is 0.720. The van der Waals surface area contributed by atoms with Crippen molar-refractivity contribution in [3.63, 3.8) is 0 Å². The molecule has 2 rings (SSSR count). The third-order valence-electron chi connectivity index (χ3n) is 1.20. The first kappa shape index (κ1) is 5.16. The van der Waals surface area contributed by atoms with Crippen molar-refractivity contribution >= 4 is 11.0 Å². The van der Waals surface area contributed by atoms with E-state index >= 15 is 0 Å². The highest BCUT2D eigenvalue weighted by Gasteiger charge is 1.96. The van der Waals surface area contributed by atoms with Gasteiger partial charge in [-0.2, -0.15) is 0 Å². The monoisotopic (exact) mass is 135 g/mol. The molecule has 50 valence electrons. The summed E-state index contributed by atoms with van der Waals surface area (Å²) in [4.78, 5) is 4.89. The van der Waals surface area contributed by atoms with Gasteiger partial charge in [-0.05, 0) is 6.07 Å². The molecule has 2 N–H and O–H groups in total. The molecule has 5 nitrogen and oxygen atoms in total. The zero-order valence-corrected chi connectivity index (χ0v) is 5.10. The van der Waals surface area contributed by atoms with Gasteiger partial charge in [0.25, 0.3) is 0 Å². The van der Waals surface area contributed by atoms with Crippen molar-refractivity contribution in [1.29, 1.82) is 0 Å². The Balaban J connectivity index is 2.88. The molecular formula is C5H5N5. The van der Waals surface area contributed by atoms with Crippen molar-refractivity contribution < 1.29 is 0 Å². The number of nitrogens with zero attached hydrogens (tertiary/aromatic N) is 4. The minimum atomic E-state index is 0.713. The Kier molecular flexibility index (Phi) is 0.858. The van der Waals surface area contributed by atoms with Gasteiger partial charge in [0, 0.05) is 6.20 Å². The van der Waals surface area contributed by atoms with Crippen LogP contribution in [0.1, 0.15) is 0 Å². The average Bonchev–Trinajstić information content (AvgIpc) is 2.27. The van der Waals surface area contributed by atoms with Crippen molar-refractivity contribution in [2.24, 2.45) is 0 Å². The summed E-state index contributed by atoms with van der Waals surface area (Å²) in [5, 5.41) is 7.69. The summed E-state index contributed by atoms with van der Waals surface area (Å²) in [6.07, 6.45) is 3.27. The van der Waals surface area contributed by atoms with Crippen LogP contribution in [0.15, 0.2) is 18.5 Å². The van der Waals surface area contributed by atoms with Gasteiger partial charge >= 0.3 is 0 Å². The van der Waals surface area contributed by atoms with Crippen LogP contribution in [0.3, 0.4) is 0 Å². The zero-order valence-electron chi connectivity index (χ0n) is 5.10. The van der Waals surface area contributed by atoms with Gasteiger partial charge in [-0.3, -0.25) is 4.98 Å². The van der Waals surface area contributed by atoms with Crippen LogP contribution < -0.4 is 5.84 Å². The lowest BCUT2D eigenvalue weighted by atomic mass is 10.4. The largest absolute Gasteiger partial charge is 0.306 e. The standard InChI is InChI=1S/C5H5N5/c6-10-8-4-1-2-7-3-5(4)9-10/h1-3H,6H2. The molecule has 2 heterocycles. The van der Waals surface area contributed by atoms with E-state index in [2.05, 4.69) is 15.2 Å². The average molecular weight is 135 g/mol. The minimum absolute atomic E-state index is 0.713. The molecule has 0 unspecified atom stereocenters. The van der Waals surface area contributed by atoms with E-state index in [0.29, 0.717) is 5.52 Å². The Morgan fingerprint density at radius 2 is 2.10 bits per heavy atom. The predicted molar refractivity (Wildman–Crippen MR) is 35.5 cm³/mol. The minimum Gasteiger partial charge on any atom is -0.306 e. The van der Waals surface area contributed by atoms with Crippen LogP contribution in [0.5, 0.6) is 0 Å². The number of nitrogens with two attached hydrogens (primary N) is 1. The maximum absolute atomic E-state index is 5.26. The van der Waals surface area contributed by atoms with Gasteiger partial charge in [0.2, 0.25) is 0 Å². The highest BCUT2D eigenvalue weighted by atomic mass is 15.6. The zero-order chi connectivity index (χ0) is 6.97. The molecule has 10 heavy (non-hydrogen) atoms. The number of pyridine rings is 1. The van der Waals surface area contributed by atoms with E-state index in [9.17, 15) is 0 Å². The Bertz CT molecular complexity index is 319. The summed E-state index contributed by atoms with van der Waals surface area (Å²) < 4.78 is 0. The third kappa shape index (κ3) is 0.604. The van der Waals surface area contributed by atoms with Crippen molar-refractivity contribution in [3.8, 4) is 0 Å². The van der Waals surface area contributed by atoms with Gasteiger partial charge < -0.3 is 5.84 Å². The Morgan fingerprint density at radius 3 is 2.90 bits per heavy atom. The van der Waals surface area contributed by atoms with Crippen molar-refractivity contribution in [2.75, 3.05) is 5.84 Å². The first-order valence-electron chi connectivity index (χ1n) is 2.78. The van der Waals surface area contributed by atoms with Crippen molar-refractivity contribution in [2.45, 2.75) is 0 Å². The van der Waals surface area contributed by atoms with Crippen LogP contribution in [-0.4, -0.2) is 20.1 Å². The number of hydrogen-bond acceptors (Lipinski definition) is 4. The Labute approximate surface area is 56.4 Å². The fourth-order valence-corrected chi connectivity index (χ4v) is 0.784. The Hall–Kier alpha value is -1.65. The van der Waals surface area contributed by atoms with Crippen LogP contribution in [-0.2, 0) is 0 Å². The molecule has 5 heteroatoms. The summed E-state index contributed by atoms with van der Waals surface area (Å²) in [5.74, 6) is 5.26. The van der Waals surface area contributed by atoms with E-state index in [1.165, 1.54) is 0 Å². The topological polar surface area (TPSA) is 69.6 Å². The van der Waals surface area contributed by atoms with Gasteiger partial charge in [-0.15, -0.1) is 10.2 Å². The quantitative estimate of drug-likeness (QED) is 0.496. The smallest absolute Gasteiger partial charge is 0.133 e. The molecule has 0 saturated carbocycles. The Morgan fingerprint density at radius 1 is 1.30 bits per heavy atom. The van der Waals surface area contributed by atoms with E-state index in [1.54, 1.807) is 18.5 Å². The molecule has 2 aromatic heterocycles. The van der Waals surface area contributed by atoms with Crippen LogP contribution in [0.2, 0.25) is 0 Å². The highest BCUT2D eigenvalue weighted by Crippen LogP contribution is 2.02. The second-order valence-corrected chi connectivity index (χ2v) is 1.88.